The van der Waals surface area contributed by atoms with Gasteiger partial charge in [-0.3, -0.25) is 4.79 Å². The van der Waals surface area contributed by atoms with Crippen LogP contribution in [0.25, 0.3) is 0 Å². The van der Waals surface area contributed by atoms with Crippen molar-refractivity contribution in [1.82, 2.24) is 9.36 Å². The number of halogens is 3. The summed E-state index contributed by atoms with van der Waals surface area (Å²) in [5, 5.41) is 2.93. The van der Waals surface area contributed by atoms with Crippen molar-refractivity contribution < 1.29 is 22.7 Å². The zero-order valence-electron chi connectivity index (χ0n) is 13.9. The molecule has 0 spiro atoms. The molecule has 0 saturated carbocycles. The van der Waals surface area contributed by atoms with Crippen molar-refractivity contribution in [2.24, 2.45) is 0 Å². The number of pyridine rings is 1. The number of anilines is 2. The first-order chi connectivity index (χ1) is 12.7. The van der Waals surface area contributed by atoms with Gasteiger partial charge in [-0.1, -0.05) is 6.07 Å². The van der Waals surface area contributed by atoms with Gasteiger partial charge in [-0.15, -0.1) is 0 Å². The van der Waals surface area contributed by atoms with Crippen molar-refractivity contribution in [3.05, 3.63) is 59.4 Å². The van der Waals surface area contributed by atoms with Crippen molar-refractivity contribution in [3.8, 4) is 11.6 Å². The highest BCUT2D eigenvalue weighted by atomic mass is 32.1. The predicted molar refractivity (Wildman–Crippen MR) is 95.0 cm³/mol. The molecule has 0 atom stereocenters. The van der Waals surface area contributed by atoms with Crippen LogP contribution in [0.1, 0.15) is 21.6 Å². The average molecular weight is 394 g/mol. The number of nitrogens with one attached hydrogen (secondary N) is 1. The van der Waals surface area contributed by atoms with Crippen LogP contribution in [0.2, 0.25) is 0 Å². The Kier molecular flexibility index (Phi) is 5.00. The van der Waals surface area contributed by atoms with E-state index in [4.69, 9.17) is 10.5 Å². The predicted octanol–water partition coefficient (Wildman–Crippen LogP) is 4.49. The van der Waals surface area contributed by atoms with Gasteiger partial charge in [0.15, 0.2) is 0 Å². The van der Waals surface area contributed by atoms with E-state index in [0.29, 0.717) is 21.9 Å². The molecule has 2 aromatic heterocycles. The lowest BCUT2D eigenvalue weighted by Gasteiger charge is -2.10. The number of aromatic nitrogens is 2. The molecule has 0 aliphatic rings. The number of nitrogen functional groups attached to an aromatic ring is 1. The number of hydrogen-bond acceptors (Lipinski definition) is 6. The van der Waals surface area contributed by atoms with Crippen molar-refractivity contribution in [1.29, 1.82) is 0 Å². The molecule has 1 aromatic carbocycles. The second kappa shape index (κ2) is 7.23. The lowest BCUT2D eigenvalue weighted by atomic mass is 10.2. The third-order valence-corrected chi connectivity index (χ3v) is 4.26. The maximum atomic E-state index is 12.7. The molecule has 140 valence electrons. The lowest BCUT2D eigenvalue weighted by Crippen LogP contribution is -2.14. The van der Waals surface area contributed by atoms with Crippen LogP contribution in [0.3, 0.4) is 0 Å². The number of nitrogens with two attached hydrogens (primary N) is 1. The Labute approximate surface area is 156 Å². The van der Waals surface area contributed by atoms with Gasteiger partial charge in [0.25, 0.3) is 5.91 Å². The number of amides is 1. The summed E-state index contributed by atoms with van der Waals surface area (Å²) in [6.45, 7) is 1.67. The molecule has 27 heavy (non-hydrogen) atoms. The Morgan fingerprint density at radius 2 is 2.04 bits per heavy atom. The molecular weight excluding hydrogens is 381 g/mol. The first kappa shape index (κ1) is 18.6. The van der Waals surface area contributed by atoms with Gasteiger partial charge in [0.2, 0.25) is 5.88 Å². The van der Waals surface area contributed by atoms with Crippen molar-refractivity contribution in [2.45, 2.75) is 13.1 Å². The van der Waals surface area contributed by atoms with E-state index in [-0.39, 0.29) is 11.6 Å². The van der Waals surface area contributed by atoms with Gasteiger partial charge in [0.05, 0.1) is 28.7 Å². The highest BCUT2D eigenvalue weighted by Crippen LogP contribution is 2.32. The molecule has 0 radical (unpaired) electrons. The van der Waals surface area contributed by atoms with Gasteiger partial charge in [-0.2, -0.15) is 17.5 Å². The topological polar surface area (TPSA) is 90.1 Å². The van der Waals surface area contributed by atoms with Crippen molar-refractivity contribution >= 4 is 28.1 Å². The summed E-state index contributed by atoms with van der Waals surface area (Å²) in [5.41, 5.74) is 6.10. The minimum atomic E-state index is -4.46. The number of aryl methyl sites for hydroxylation is 1. The molecule has 0 fully saturated rings. The molecule has 2 heterocycles. The molecule has 3 rings (SSSR count). The Hall–Kier alpha value is -3.14. The molecule has 10 heteroatoms. The van der Waals surface area contributed by atoms with E-state index in [0.717, 1.165) is 23.7 Å². The van der Waals surface area contributed by atoms with Crippen LogP contribution in [0.4, 0.5) is 23.9 Å². The van der Waals surface area contributed by atoms with Crippen LogP contribution in [0.5, 0.6) is 11.6 Å². The minimum Gasteiger partial charge on any atom is -0.439 e. The Bertz CT molecular complexity index is 952. The highest BCUT2D eigenvalue weighted by molar-refractivity contribution is 7.10. The van der Waals surface area contributed by atoms with Crippen LogP contribution in [-0.4, -0.2) is 15.3 Å². The molecule has 0 aliphatic carbocycles. The summed E-state index contributed by atoms with van der Waals surface area (Å²) < 4.78 is 47.5. The smallest absolute Gasteiger partial charge is 0.416 e. The molecule has 3 N–H and O–H groups in total. The largest absolute Gasteiger partial charge is 0.439 e. The van der Waals surface area contributed by atoms with E-state index in [2.05, 4.69) is 14.7 Å². The number of alkyl halides is 3. The third kappa shape index (κ3) is 4.34. The highest BCUT2D eigenvalue weighted by Gasteiger charge is 2.30. The molecule has 3 aromatic rings. The average Bonchev–Trinajstić information content (AvgIpc) is 2.95. The monoisotopic (exact) mass is 394 g/mol. The molecule has 0 unspecified atom stereocenters. The second-order valence-corrected chi connectivity index (χ2v) is 6.28. The number of nitrogens with zero attached hydrogens (tertiary/aromatic N) is 2. The summed E-state index contributed by atoms with van der Waals surface area (Å²) >= 11 is 1.03. The molecule has 0 aliphatic heterocycles. The van der Waals surface area contributed by atoms with E-state index >= 15 is 0 Å². The van der Waals surface area contributed by atoms with Gasteiger partial charge >= 0.3 is 6.18 Å². The normalized spacial score (nSPS) is 11.3. The molecule has 0 saturated heterocycles. The van der Waals surface area contributed by atoms with Gasteiger partial charge in [-0.25, -0.2) is 4.98 Å². The maximum absolute atomic E-state index is 12.7. The SMILES string of the molecule is Cc1nsc(N)c1C(=O)Nc1ccc(Oc2cccc(C(F)(F)F)c2)nc1. The zero-order valence-corrected chi connectivity index (χ0v) is 14.7. The van der Waals surface area contributed by atoms with E-state index < -0.39 is 17.6 Å². The van der Waals surface area contributed by atoms with Gasteiger partial charge in [-0.05, 0) is 42.7 Å². The van der Waals surface area contributed by atoms with Crippen LogP contribution in [0.15, 0.2) is 42.6 Å². The first-order valence-corrected chi connectivity index (χ1v) is 8.35. The fourth-order valence-electron chi connectivity index (χ4n) is 2.23. The van der Waals surface area contributed by atoms with Crippen LogP contribution < -0.4 is 15.8 Å². The quantitative estimate of drug-likeness (QED) is 0.680. The number of ether oxygens (including phenoxy) is 1. The molecule has 0 bridgehead atoms. The summed E-state index contributed by atoms with van der Waals surface area (Å²) in [7, 11) is 0. The number of hydrogen-bond donors (Lipinski definition) is 2. The van der Waals surface area contributed by atoms with Crippen LogP contribution in [0, 0.1) is 6.92 Å². The Morgan fingerprint density at radius 3 is 2.63 bits per heavy atom. The van der Waals surface area contributed by atoms with E-state index in [1.54, 1.807) is 6.92 Å². The fraction of sp³-hybridized carbons (Fsp3) is 0.118. The van der Waals surface area contributed by atoms with E-state index in [1.165, 1.54) is 30.5 Å². The third-order valence-electron chi connectivity index (χ3n) is 3.49. The number of rotatable bonds is 4. The summed E-state index contributed by atoms with van der Waals surface area (Å²) in [5.74, 6) is -0.339. The maximum Gasteiger partial charge on any atom is 0.416 e. The van der Waals surface area contributed by atoms with Crippen molar-refractivity contribution in [2.75, 3.05) is 11.1 Å². The molecule has 6 nitrogen and oxygen atoms in total. The lowest BCUT2D eigenvalue weighted by molar-refractivity contribution is -0.137. The van der Waals surface area contributed by atoms with Gasteiger partial charge in [0.1, 0.15) is 10.8 Å². The summed E-state index contributed by atoms with van der Waals surface area (Å²) in [6, 6.07) is 7.41. The van der Waals surface area contributed by atoms with E-state index in [9.17, 15) is 18.0 Å². The molecular formula is C17H13F3N4O2S. The first-order valence-electron chi connectivity index (χ1n) is 7.58. The minimum absolute atomic E-state index is 0.00172. The fourth-order valence-corrected chi connectivity index (χ4v) is 2.89. The summed E-state index contributed by atoms with van der Waals surface area (Å²) in [4.78, 5) is 16.2. The number of carbonyl (C=O) groups excluding carboxylic acids is 1. The molecule has 1 amide bonds. The second-order valence-electron chi connectivity index (χ2n) is 5.47. The van der Waals surface area contributed by atoms with Crippen molar-refractivity contribution in [3.63, 3.8) is 0 Å². The van der Waals surface area contributed by atoms with Gasteiger partial charge in [0, 0.05) is 6.07 Å². The van der Waals surface area contributed by atoms with Gasteiger partial charge < -0.3 is 15.8 Å². The number of benzene rings is 1. The number of carbonyl (C=O) groups is 1. The zero-order chi connectivity index (χ0) is 19.6. The van der Waals surface area contributed by atoms with Crippen LogP contribution >= 0.6 is 11.5 Å². The summed E-state index contributed by atoms with van der Waals surface area (Å²) in [6.07, 6.45) is -3.14. The van der Waals surface area contributed by atoms with E-state index in [1.807, 2.05) is 0 Å². The standard InChI is InChI=1S/C17H13F3N4O2S/c1-9-14(15(21)27-24-9)16(25)23-11-5-6-13(22-8-11)26-12-4-2-3-10(7-12)17(18,19)20/h2-8H,21H2,1H3,(H,23,25). The Morgan fingerprint density at radius 1 is 1.26 bits per heavy atom. The Balaban J connectivity index is 1.70. The van der Waals surface area contributed by atoms with Crippen LogP contribution in [-0.2, 0) is 6.18 Å².